The molecule has 1 atom stereocenters. The Balaban J connectivity index is 1.61. The van der Waals surface area contributed by atoms with E-state index in [9.17, 15) is 13.2 Å². The van der Waals surface area contributed by atoms with Gasteiger partial charge >= 0.3 is 0 Å². The van der Waals surface area contributed by atoms with Crippen molar-refractivity contribution in [1.82, 2.24) is 4.98 Å². The third-order valence-corrected chi connectivity index (χ3v) is 6.70. The van der Waals surface area contributed by atoms with Crippen molar-refractivity contribution in [3.63, 3.8) is 0 Å². The summed E-state index contributed by atoms with van der Waals surface area (Å²) >= 11 is 5.85. The maximum atomic E-state index is 15.1. The van der Waals surface area contributed by atoms with Gasteiger partial charge in [-0.3, -0.25) is 4.79 Å². The molecule has 0 saturated carbocycles. The molecule has 1 N–H and O–H groups in total. The molecule has 1 aliphatic rings. The fourth-order valence-electron chi connectivity index (χ4n) is 3.81. The van der Waals surface area contributed by atoms with E-state index in [0.29, 0.717) is 41.4 Å². The highest BCUT2D eigenvalue weighted by atomic mass is 35.5. The van der Waals surface area contributed by atoms with Crippen molar-refractivity contribution in [2.75, 3.05) is 23.0 Å². The van der Waals surface area contributed by atoms with Gasteiger partial charge in [0.1, 0.15) is 17.7 Å². The minimum Gasteiger partial charge on any atom is -0.358 e. The van der Waals surface area contributed by atoms with E-state index in [1.807, 2.05) is 0 Å². The van der Waals surface area contributed by atoms with Crippen LogP contribution in [-0.4, -0.2) is 38.2 Å². The lowest BCUT2D eigenvalue weighted by molar-refractivity contribution is -0.120. The number of anilines is 2. The molecule has 32 heavy (non-hydrogen) atoms. The average molecular weight is 474 g/mol. The molecule has 1 fully saturated rings. The number of benzene rings is 2. The van der Waals surface area contributed by atoms with Crippen LogP contribution in [0.5, 0.6) is 0 Å². The zero-order chi connectivity index (χ0) is 22.9. The smallest absolute Gasteiger partial charge is 0.249 e. The number of hydrogen-bond acceptors (Lipinski definition) is 5. The largest absolute Gasteiger partial charge is 0.358 e. The van der Waals surface area contributed by atoms with Crippen LogP contribution in [0.25, 0.3) is 11.1 Å². The molecule has 9 heteroatoms. The predicted molar refractivity (Wildman–Crippen MR) is 123 cm³/mol. The van der Waals surface area contributed by atoms with Crippen molar-refractivity contribution in [3.05, 3.63) is 71.6 Å². The molecule has 1 aliphatic heterocycles. The molecule has 166 valence electrons. The Kier molecular flexibility index (Phi) is 6.17. The molecule has 0 bridgehead atoms. The average Bonchev–Trinajstić information content (AvgIpc) is 2.76. The minimum absolute atomic E-state index is 0.126. The molecule has 4 rings (SSSR count). The van der Waals surface area contributed by atoms with Crippen LogP contribution in [-0.2, 0) is 14.6 Å². The van der Waals surface area contributed by atoms with Crippen molar-refractivity contribution in [2.24, 2.45) is 0 Å². The molecule has 0 aliphatic carbocycles. The molecule has 0 spiro atoms. The quantitative estimate of drug-likeness (QED) is 0.588. The van der Waals surface area contributed by atoms with Crippen molar-refractivity contribution >= 4 is 38.9 Å². The molecule has 3 aromatic rings. The van der Waals surface area contributed by atoms with Crippen LogP contribution in [0.1, 0.15) is 12.8 Å². The van der Waals surface area contributed by atoms with E-state index in [2.05, 4.69) is 10.3 Å². The predicted octanol–water partition coefficient (Wildman–Crippen LogP) is 4.55. The Morgan fingerprint density at radius 3 is 2.62 bits per heavy atom. The Morgan fingerprint density at radius 2 is 1.94 bits per heavy atom. The van der Waals surface area contributed by atoms with E-state index in [0.717, 1.165) is 6.26 Å². The van der Waals surface area contributed by atoms with E-state index >= 15 is 4.39 Å². The van der Waals surface area contributed by atoms with E-state index in [1.165, 1.54) is 29.3 Å². The van der Waals surface area contributed by atoms with Gasteiger partial charge in [0.15, 0.2) is 9.84 Å². The Labute approximate surface area is 191 Å². The molecule has 2 aromatic carbocycles. The van der Waals surface area contributed by atoms with E-state index in [-0.39, 0.29) is 16.5 Å². The molecule has 1 unspecified atom stereocenters. The number of rotatable bonds is 5. The highest BCUT2D eigenvalue weighted by Gasteiger charge is 2.31. The molecule has 1 aromatic heterocycles. The monoisotopic (exact) mass is 473 g/mol. The second-order valence-corrected chi connectivity index (χ2v) is 10.0. The lowest BCUT2D eigenvalue weighted by atomic mass is 10.0. The lowest BCUT2D eigenvalue weighted by Crippen LogP contribution is -2.48. The van der Waals surface area contributed by atoms with Crippen molar-refractivity contribution in [2.45, 2.75) is 23.8 Å². The molecule has 1 amide bonds. The molecule has 2 heterocycles. The number of nitrogens with zero attached hydrogens (tertiary/aromatic N) is 2. The summed E-state index contributed by atoms with van der Waals surface area (Å²) in [6.45, 7) is 0.390. The van der Waals surface area contributed by atoms with E-state index in [1.54, 1.807) is 36.4 Å². The SMILES string of the molecule is CS(=O)(=O)c1ccccc1-c1ccc(N2CCCC(Nc3ccc(Cl)cn3)C2=O)c(F)c1. The molecule has 0 radical (unpaired) electrons. The molecule has 6 nitrogen and oxygen atoms in total. The number of hydrogen-bond donors (Lipinski definition) is 1. The van der Waals surface area contributed by atoms with Crippen LogP contribution in [0.4, 0.5) is 15.9 Å². The summed E-state index contributed by atoms with van der Waals surface area (Å²) in [5.74, 6) is -0.330. The molecular formula is C23H21ClFN3O3S. The van der Waals surface area contributed by atoms with Gasteiger partial charge in [-0.2, -0.15) is 0 Å². The zero-order valence-corrected chi connectivity index (χ0v) is 18.8. The molecule has 1 saturated heterocycles. The zero-order valence-electron chi connectivity index (χ0n) is 17.3. The lowest BCUT2D eigenvalue weighted by Gasteiger charge is -2.33. The van der Waals surface area contributed by atoms with E-state index in [4.69, 9.17) is 11.6 Å². The topological polar surface area (TPSA) is 79.4 Å². The summed E-state index contributed by atoms with van der Waals surface area (Å²) < 4.78 is 39.3. The highest BCUT2D eigenvalue weighted by Crippen LogP contribution is 2.32. The van der Waals surface area contributed by atoms with Crippen molar-refractivity contribution in [1.29, 1.82) is 0 Å². The Bertz CT molecular complexity index is 1270. The first-order valence-electron chi connectivity index (χ1n) is 10.0. The van der Waals surface area contributed by atoms with Gasteiger partial charge in [-0.1, -0.05) is 35.9 Å². The van der Waals surface area contributed by atoms with E-state index < -0.39 is 21.7 Å². The van der Waals surface area contributed by atoms with Crippen LogP contribution < -0.4 is 10.2 Å². The summed E-state index contributed by atoms with van der Waals surface area (Å²) in [4.78, 5) is 18.8. The van der Waals surface area contributed by atoms with Crippen LogP contribution >= 0.6 is 11.6 Å². The van der Waals surface area contributed by atoms with Crippen molar-refractivity contribution < 1.29 is 17.6 Å². The summed E-state index contributed by atoms with van der Waals surface area (Å²) in [6.07, 6.45) is 3.89. The third-order valence-electron chi connectivity index (χ3n) is 5.32. The number of sulfone groups is 1. The summed E-state index contributed by atoms with van der Waals surface area (Å²) in [5, 5.41) is 3.58. The Morgan fingerprint density at radius 1 is 1.16 bits per heavy atom. The number of piperidine rings is 1. The second kappa shape index (κ2) is 8.88. The normalized spacial score (nSPS) is 16.8. The first-order valence-corrected chi connectivity index (χ1v) is 12.3. The van der Waals surface area contributed by atoms with Crippen LogP contribution in [0.3, 0.4) is 0 Å². The van der Waals surface area contributed by atoms with Gasteiger partial charge in [-0.15, -0.1) is 0 Å². The number of carbonyl (C=O) groups is 1. The van der Waals surface area contributed by atoms with Crippen LogP contribution in [0.15, 0.2) is 65.7 Å². The second-order valence-electron chi connectivity index (χ2n) is 7.63. The van der Waals surface area contributed by atoms with Gasteiger partial charge in [0.25, 0.3) is 0 Å². The van der Waals surface area contributed by atoms with Gasteiger partial charge in [0, 0.05) is 24.6 Å². The number of pyridine rings is 1. The number of amides is 1. The number of carbonyl (C=O) groups excluding carboxylic acids is 1. The fraction of sp³-hybridized carbons (Fsp3) is 0.217. The maximum absolute atomic E-state index is 15.1. The van der Waals surface area contributed by atoms with Gasteiger partial charge in [0.2, 0.25) is 5.91 Å². The van der Waals surface area contributed by atoms with Gasteiger partial charge in [0.05, 0.1) is 15.6 Å². The number of halogens is 2. The fourth-order valence-corrected chi connectivity index (χ4v) is 4.83. The van der Waals surface area contributed by atoms with Gasteiger partial charge in [-0.05, 0) is 48.7 Å². The first-order chi connectivity index (χ1) is 15.2. The minimum atomic E-state index is -3.48. The van der Waals surface area contributed by atoms with Crippen LogP contribution in [0.2, 0.25) is 5.02 Å². The van der Waals surface area contributed by atoms with Gasteiger partial charge in [-0.25, -0.2) is 17.8 Å². The third kappa shape index (κ3) is 4.61. The van der Waals surface area contributed by atoms with Crippen molar-refractivity contribution in [3.8, 4) is 11.1 Å². The summed E-state index contributed by atoms with van der Waals surface area (Å²) in [7, 11) is -3.48. The maximum Gasteiger partial charge on any atom is 0.249 e. The number of aromatic nitrogens is 1. The standard InChI is InChI=1S/C23H21ClFN3O3S/c1-32(30,31)21-7-3-2-5-17(21)15-8-10-20(18(25)13-15)28-12-4-6-19(23(28)29)27-22-11-9-16(24)14-26-22/h2-3,5,7-11,13-14,19H,4,6,12H2,1H3,(H,26,27). The Hall–Kier alpha value is -2.97. The van der Waals surface area contributed by atoms with Crippen LogP contribution in [0, 0.1) is 5.82 Å². The summed E-state index contributed by atoms with van der Waals surface area (Å²) in [5.41, 5.74) is 1.00. The number of nitrogens with one attached hydrogen (secondary N) is 1. The highest BCUT2D eigenvalue weighted by molar-refractivity contribution is 7.90. The van der Waals surface area contributed by atoms with Gasteiger partial charge < -0.3 is 10.2 Å². The first kappa shape index (κ1) is 22.2. The summed E-state index contributed by atoms with van der Waals surface area (Å²) in [6, 6.07) is 13.7. The molecular weight excluding hydrogens is 453 g/mol.